The van der Waals surface area contributed by atoms with E-state index in [9.17, 15) is 0 Å². The van der Waals surface area contributed by atoms with Crippen LogP contribution in [0, 0.1) is 13.8 Å². The summed E-state index contributed by atoms with van der Waals surface area (Å²) >= 11 is 3.63. The molecule has 102 valence electrons. The molecule has 0 amide bonds. The normalized spacial score (nSPS) is 12.6. The first-order valence-electron chi connectivity index (χ1n) is 6.51. The highest BCUT2D eigenvalue weighted by atomic mass is 79.9. The van der Waals surface area contributed by atoms with E-state index in [4.69, 9.17) is 8.83 Å². The summed E-state index contributed by atoms with van der Waals surface area (Å²) in [5, 5.41) is 0. The van der Waals surface area contributed by atoms with Crippen molar-refractivity contribution in [3.05, 3.63) is 81.6 Å². The second-order valence-corrected chi connectivity index (χ2v) is 5.73. The molecule has 3 aromatic rings. The topological polar surface area (TPSA) is 26.3 Å². The Labute approximate surface area is 126 Å². The zero-order valence-electron chi connectivity index (χ0n) is 11.4. The first-order valence-corrected chi connectivity index (χ1v) is 7.31. The van der Waals surface area contributed by atoms with Gasteiger partial charge < -0.3 is 8.83 Å². The Morgan fingerprint density at radius 3 is 2.40 bits per heavy atom. The molecule has 2 aromatic heterocycles. The molecule has 0 saturated carbocycles. The molecule has 3 heteroatoms. The van der Waals surface area contributed by atoms with Gasteiger partial charge in [0.25, 0.3) is 0 Å². The van der Waals surface area contributed by atoms with Crippen LogP contribution in [0.5, 0.6) is 0 Å². The van der Waals surface area contributed by atoms with Gasteiger partial charge in [0.2, 0.25) is 0 Å². The van der Waals surface area contributed by atoms with E-state index in [0.717, 1.165) is 32.9 Å². The Hall–Kier alpha value is -1.74. The molecule has 0 spiro atoms. The highest BCUT2D eigenvalue weighted by Crippen LogP contribution is 2.38. The highest BCUT2D eigenvalue weighted by Gasteiger charge is 2.26. The first-order chi connectivity index (χ1) is 9.66. The second kappa shape index (κ2) is 5.33. The third kappa shape index (κ3) is 2.34. The van der Waals surface area contributed by atoms with Crippen molar-refractivity contribution in [1.82, 2.24) is 0 Å². The van der Waals surface area contributed by atoms with Crippen LogP contribution in [-0.4, -0.2) is 0 Å². The van der Waals surface area contributed by atoms with Crippen molar-refractivity contribution in [2.24, 2.45) is 0 Å². The lowest BCUT2D eigenvalue weighted by atomic mass is 9.92. The van der Waals surface area contributed by atoms with Crippen molar-refractivity contribution in [2.45, 2.75) is 19.8 Å². The van der Waals surface area contributed by atoms with E-state index in [1.54, 1.807) is 6.26 Å². The standard InChI is InChI=1S/C17H15BrO2/c1-11-9-10-19-17(11)16(15-8-7-12(2)20-15)13-5-3-4-6-14(13)18/h3-10,16H,1-2H3. The third-order valence-corrected chi connectivity index (χ3v) is 4.15. The molecule has 3 rings (SSSR count). The van der Waals surface area contributed by atoms with Gasteiger partial charge >= 0.3 is 0 Å². The molecule has 0 fully saturated rings. The fraction of sp³-hybridized carbons (Fsp3) is 0.176. The average molecular weight is 331 g/mol. The molecule has 0 N–H and O–H groups in total. The molecule has 2 heterocycles. The summed E-state index contributed by atoms with van der Waals surface area (Å²) in [7, 11) is 0. The maximum absolute atomic E-state index is 5.85. The Morgan fingerprint density at radius 1 is 1.00 bits per heavy atom. The lowest BCUT2D eigenvalue weighted by Crippen LogP contribution is -2.03. The van der Waals surface area contributed by atoms with E-state index < -0.39 is 0 Å². The lowest BCUT2D eigenvalue weighted by molar-refractivity contribution is 0.435. The maximum atomic E-state index is 5.85. The maximum Gasteiger partial charge on any atom is 0.121 e. The molecule has 0 radical (unpaired) electrons. The fourth-order valence-electron chi connectivity index (χ4n) is 2.42. The molecule has 0 aliphatic heterocycles. The van der Waals surface area contributed by atoms with E-state index in [1.165, 1.54) is 0 Å². The number of aryl methyl sites for hydroxylation is 2. The van der Waals surface area contributed by atoms with Crippen molar-refractivity contribution in [1.29, 1.82) is 0 Å². The second-order valence-electron chi connectivity index (χ2n) is 4.87. The molecule has 0 saturated heterocycles. The minimum Gasteiger partial charge on any atom is -0.468 e. The predicted octanol–water partition coefficient (Wildman–Crippen LogP) is 5.43. The zero-order valence-corrected chi connectivity index (χ0v) is 13.0. The molecule has 0 aliphatic carbocycles. The Bertz CT molecular complexity index is 724. The number of hydrogen-bond acceptors (Lipinski definition) is 2. The van der Waals surface area contributed by atoms with Gasteiger partial charge in [-0.2, -0.15) is 0 Å². The molecule has 1 aromatic carbocycles. The van der Waals surface area contributed by atoms with Gasteiger partial charge in [0.05, 0.1) is 6.26 Å². The van der Waals surface area contributed by atoms with Gasteiger partial charge in [0, 0.05) is 4.47 Å². The molecular formula is C17H15BrO2. The summed E-state index contributed by atoms with van der Waals surface area (Å²) in [5.41, 5.74) is 2.26. The smallest absolute Gasteiger partial charge is 0.121 e. The minimum absolute atomic E-state index is 0.0331. The van der Waals surface area contributed by atoms with Gasteiger partial charge in [-0.25, -0.2) is 0 Å². The van der Waals surface area contributed by atoms with Crippen molar-refractivity contribution in [2.75, 3.05) is 0 Å². The van der Waals surface area contributed by atoms with Crippen LogP contribution in [0.1, 0.15) is 34.3 Å². The molecule has 1 atom stereocenters. The van der Waals surface area contributed by atoms with Gasteiger partial charge in [-0.05, 0) is 49.2 Å². The van der Waals surface area contributed by atoms with E-state index in [0.29, 0.717) is 0 Å². The Kier molecular flexibility index (Phi) is 3.53. The fourth-order valence-corrected chi connectivity index (χ4v) is 2.94. The summed E-state index contributed by atoms with van der Waals surface area (Å²) in [4.78, 5) is 0. The summed E-state index contributed by atoms with van der Waals surface area (Å²) in [5.74, 6) is 2.69. The number of benzene rings is 1. The van der Waals surface area contributed by atoms with E-state index in [-0.39, 0.29) is 5.92 Å². The van der Waals surface area contributed by atoms with Crippen molar-refractivity contribution >= 4 is 15.9 Å². The number of halogens is 1. The number of rotatable bonds is 3. The number of hydrogen-bond donors (Lipinski definition) is 0. The third-order valence-electron chi connectivity index (χ3n) is 3.43. The monoisotopic (exact) mass is 330 g/mol. The van der Waals surface area contributed by atoms with Gasteiger partial charge in [-0.15, -0.1) is 0 Å². The van der Waals surface area contributed by atoms with Crippen molar-refractivity contribution in [3.8, 4) is 0 Å². The van der Waals surface area contributed by atoms with Gasteiger partial charge in [-0.1, -0.05) is 34.1 Å². The summed E-state index contributed by atoms with van der Waals surface area (Å²) in [6, 6.07) is 14.1. The van der Waals surface area contributed by atoms with Crippen molar-refractivity contribution < 1.29 is 8.83 Å². The first kappa shape index (κ1) is 13.3. The van der Waals surface area contributed by atoms with Crippen LogP contribution in [0.25, 0.3) is 0 Å². The van der Waals surface area contributed by atoms with Crippen LogP contribution in [0.3, 0.4) is 0 Å². The summed E-state index contributed by atoms with van der Waals surface area (Å²) < 4.78 is 12.6. The molecule has 1 unspecified atom stereocenters. The molecule has 0 bridgehead atoms. The number of furan rings is 2. The molecule has 0 aliphatic rings. The zero-order chi connectivity index (χ0) is 14.1. The van der Waals surface area contributed by atoms with Gasteiger partial charge in [-0.3, -0.25) is 0 Å². The Morgan fingerprint density at radius 2 is 1.80 bits per heavy atom. The highest BCUT2D eigenvalue weighted by molar-refractivity contribution is 9.10. The van der Waals surface area contributed by atoms with Crippen LogP contribution in [0.4, 0.5) is 0 Å². The molecule has 20 heavy (non-hydrogen) atoms. The predicted molar refractivity (Wildman–Crippen MR) is 82.0 cm³/mol. The molecule has 2 nitrogen and oxygen atoms in total. The van der Waals surface area contributed by atoms with Crippen molar-refractivity contribution in [3.63, 3.8) is 0 Å². The van der Waals surface area contributed by atoms with E-state index in [1.807, 2.05) is 43.3 Å². The van der Waals surface area contributed by atoms with Crippen LogP contribution in [0.15, 0.2) is 62.0 Å². The van der Waals surface area contributed by atoms with E-state index in [2.05, 4.69) is 28.9 Å². The van der Waals surface area contributed by atoms with Crippen LogP contribution < -0.4 is 0 Å². The summed E-state index contributed by atoms with van der Waals surface area (Å²) in [6.45, 7) is 4.01. The SMILES string of the molecule is Cc1ccc(C(c2ccccc2Br)c2occc2C)o1. The minimum atomic E-state index is -0.0331. The largest absolute Gasteiger partial charge is 0.468 e. The van der Waals surface area contributed by atoms with Gasteiger partial charge in [0.15, 0.2) is 0 Å². The lowest BCUT2D eigenvalue weighted by Gasteiger charge is -2.15. The van der Waals surface area contributed by atoms with E-state index >= 15 is 0 Å². The van der Waals surface area contributed by atoms with Crippen LogP contribution >= 0.6 is 15.9 Å². The van der Waals surface area contributed by atoms with Crippen LogP contribution in [-0.2, 0) is 0 Å². The molecular weight excluding hydrogens is 316 g/mol. The van der Waals surface area contributed by atoms with Gasteiger partial charge in [0.1, 0.15) is 23.2 Å². The Balaban J connectivity index is 2.19. The quantitative estimate of drug-likeness (QED) is 0.639. The average Bonchev–Trinajstić information content (AvgIpc) is 3.03. The van der Waals surface area contributed by atoms with Crippen LogP contribution in [0.2, 0.25) is 0 Å². The summed E-state index contributed by atoms with van der Waals surface area (Å²) in [6.07, 6.45) is 1.73.